The van der Waals surface area contributed by atoms with Crippen molar-refractivity contribution in [3.63, 3.8) is 0 Å². The normalized spacial score (nSPS) is 10.6. The van der Waals surface area contributed by atoms with E-state index in [0.717, 1.165) is 16.7 Å². The molecule has 4 rings (SSSR count). The van der Waals surface area contributed by atoms with E-state index in [4.69, 9.17) is 33.3 Å². The maximum Gasteiger partial charge on any atom is 0.214 e. The van der Waals surface area contributed by atoms with E-state index in [1.54, 1.807) is 24.2 Å². The van der Waals surface area contributed by atoms with E-state index in [9.17, 15) is 0 Å². The molecule has 158 valence electrons. The van der Waals surface area contributed by atoms with E-state index in [-0.39, 0.29) is 0 Å². The van der Waals surface area contributed by atoms with Gasteiger partial charge in [0.05, 0.1) is 13.7 Å². The molecular formula is C22H20ClN5O2S. The van der Waals surface area contributed by atoms with Crippen LogP contribution in [-0.4, -0.2) is 27.0 Å². The van der Waals surface area contributed by atoms with Crippen molar-refractivity contribution in [3.05, 3.63) is 87.9 Å². The zero-order valence-corrected chi connectivity index (χ0v) is 18.3. The summed E-state index contributed by atoms with van der Waals surface area (Å²) < 4.78 is 13.8. The molecule has 0 aliphatic rings. The number of ether oxygens (including phenoxy) is 2. The average Bonchev–Trinajstić information content (AvgIpc) is 3.18. The summed E-state index contributed by atoms with van der Waals surface area (Å²) in [5.74, 6) is 1.98. The third-order valence-electron chi connectivity index (χ3n) is 4.62. The molecule has 0 saturated carbocycles. The first-order chi connectivity index (χ1) is 15.2. The maximum atomic E-state index is 6.13. The summed E-state index contributed by atoms with van der Waals surface area (Å²) in [6.07, 6.45) is 3.42. The molecule has 4 aromatic rings. The fraction of sp³-hybridized carbons (Fsp3) is 0.136. The highest BCUT2D eigenvalue weighted by molar-refractivity contribution is 7.71. The highest BCUT2D eigenvalue weighted by atomic mass is 35.5. The minimum Gasteiger partial charge on any atom is -0.493 e. The Morgan fingerprint density at radius 2 is 1.87 bits per heavy atom. The van der Waals surface area contributed by atoms with Gasteiger partial charge in [-0.15, -0.1) is 0 Å². The number of halogens is 1. The van der Waals surface area contributed by atoms with Gasteiger partial charge in [-0.05, 0) is 48.1 Å². The molecule has 0 radical (unpaired) electrons. The summed E-state index contributed by atoms with van der Waals surface area (Å²) in [6, 6.07) is 17.0. The monoisotopic (exact) mass is 453 g/mol. The third-order valence-corrected chi connectivity index (χ3v) is 5.14. The van der Waals surface area contributed by atoms with E-state index in [0.29, 0.717) is 40.3 Å². The van der Waals surface area contributed by atoms with Gasteiger partial charge in [0.25, 0.3) is 0 Å². The first-order valence-electron chi connectivity index (χ1n) is 9.50. The van der Waals surface area contributed by atoms with Crippen LogP contribution in [-0.2, 0) is 13.2 Å². The van der Waals surface area contributed by atoms with Gasteiger partial charge in [0.1, 0.15) is 6.61 Å². The molecule has 2 heterocycles. The fourth-order valence-electron chi connectivity index (χ4n) is 3.06. The van der Waals surface area contributed by atoms with Crippen LogP contribution < -0.4 is 14.9 Å². The smallest absolute Gasteiger partial charge is 0.214 e. The Balaban J connectivity index is 1.56. The van der Waals surface area contributed by atoms with E-state index in [1.165, 1.54) is 0 Å². The van der Waals surface area contributed by atoms with Gasteiger partial charge in [0.15, 0.2) is 17.3 Å². The van der Waals surface area contributed by atoms with E-state index in [1.807, 2.05) is 54.6 Å². The summed E-state index contributed by atoms with van der Waals surface area (Å²) in [4.78, 5) is 4.05. The van der Waals surface area contributed by atoms with Gasteiger partial charge in [-0.3, -0.25) is 4.98 Å². The third kappa shape index (κ3) is 4.87. The Morgan fingerprint density at radius 1 is 1.10 bits per heavy atom. The van der Waals surface area contributed by atoms with Crippen LogP contribution in [0.2, 0.25) is 5.02 Å². The molecule has 0 bridgehead atoms. The standard InChI is InChI=1S/C22H20ClN5O2S/c1-29-19-4-2-3-17(20(19)30-14-15-5-7-18(23)8-6-15)13-25-28-21(26-27-22(28)31)16-9-11-24-12-10-16/h2-12,25H,13-14H2,1H3,(H,27,31). The Kier molecular flexibility index (Phi) is 6.49. The average molecular weight is 454 g/mol. The number of benzene rings is 2. The lowest BCUT2D eigenvalue weighted by molar-refractivity contribution is 0.281. The number of H-pyrrole nitrogens is 1. The molecule has 2 aromatic carbocycles. The number of methoxy groups -OCH3 is 1. The van der Waals surface area contributed by atoms with Crippen LogP contribution in [0.5, 0.6) is 11.5 Å². The van der Waals surface area contributed by atoms with Crippen LogP contribution in [0.15, 0.2) is 67.0 Å². The number of nitrogens with zero attached hydrogens (tertiary/aromatic N) is 3. The highest BCUT2D eigenvalue weighted by Crippen LogP contribution is 2.32. The van der Waals surface area contributed by atoms with E-state index < -0.39 is 0 Å². The molecule has 0 aliphatic carbocycles. The van der Waals surface area contributed by atoms with Crippen molar-refractivity contribution in [1.29, 1.82) is 0 Å². The minimum atomic E-state index is 0.387. The summed E-state index contributed by atoms with van der Waals surface area (Å²) in [7, 11) is 1.62. The molecule has 0 aliphatic heterocycles. The molecule has 0 atom stereocenters. The lowest BCUT2D eigenvalue weighted by atomic mass is 10.2. The zero-order chi connectivity index (χ0) is 21.6. The maximum absolute atomic E-state index is 6.13. The molecular weight excluding hydrogens is 434 g/mol. The Bertz CT molecular complexity index is 1210. The first kappa shape index (κ1) is 20.9. The largest absolute Gasteiger partial charge is 0.493 e. The molecule has 2 aromatic heterocycles. The van der Waals surface area contributed by atoms with Crippen LogP contribution in [0.1, 0.15) is 11.1 Å². The van der Waals surface area contributed by atoms with Crippen molar-refractivity contribution in [2.45, 2.75) is 13.2 Å². The Labute approximate surface area is 189 Å². The van der Waals surface area contributed by atoms with Crippen molar-refractivity contribution < 1.29 is 9.47 Å². The highest BCUT2D eigenvalue weighted by Gasteiger charge is 2.13. The predicted octanol–water partition coefficient (Wildman–Crippen LogP) is 4.99. The number of aromatic nitrogens is 4. The van der Waals surface area contributed by atoms with Gasteiger partial charge in [-0.25, -0.2) is 9.77 Å². The minimum absolute atomic E-state index is 0.387. The van der Waals surface area contributed by atoms with Gasteiger partial charge in [-0.2, -0.15) is 5.10 Å². The topological polar surface area (TPSA) is 77.0 Å². The number of pyridine rings is 1. The summed E-state index contributed by atoms with van der Waals surface area (Å²) in [5.41, 5.74) is 6.13. The molecule has 0 amide bonds. The van der Waals surface area contributed by atoms with Gasteiger partial charge in [0.2, 0.25) is 4.77 Å². The quantitative estimate of drug-likeness (QED) is 0.366. The van der Waals surface area contributed by atoms with E-state index >= 15 is 0 Å². The van der Waals surface area contributed by atoms with Crippen LogP contribution in [0, 0.1) is 4.77 Å². The number of hydrogen-bond acceptors (Lipinski definition) is 6. The number of hydrogen-bond donors (Lipinski definition) is 2. The lowest BCUT2D eigenvalue weighted by Gasteiger charge is -2.17. The number of aromatic amines is 1. The van der Waals surface area contributed by atoms with Crippen molar-refractivity contribution in [2.75, 3.05) is 12.5 Å². The van der Waals surface area contributed by atoms with Crippen LogP contribution >= 0.6 is 23.8 Å². The second-order valence-corrected chi connectivity index (χ2v) is 7.45. The first-order valence-corrected chi connectivity index (χ1v) is 10.3. The Hall–Kier alpha value is -3.36. The second-order valence-electron chi connectivity index (χ2n) is 6.62. The van der Waals surface area contributed by atoms with Gasteiger partial charge in [-0.1, -0.05) is 35.9 Å². The molecule has 0 fully saturated rings. The van der Waals surface area contributed by atoms with Crippen molar-refractivity contribution in [3.8, 4) is 22.9 Å². The van der Waals surface area contributed by atoms with Gasteiger partial charge >= 0.3 is 0 Å². The molecule has 0 saturated heterocycles. The Morgan fingerprint density at radius 3 is 2.61 bits per heavy atom. The van der Waals surface area contributed by atoms with Crippen LogP contribution in [0.25, 0.3) is 11.4 Å². The van der Waals surface area contributed by atoms with Crippen molar-refractivity contribution in [2.24, 2.45) is 0 Å². The molecule has 0 spiro atoms. The molecule has 9 heteroatoms. The molecule has 2 N–H and O–H groups in total. The van der Waals surface area contributed by atoms with Crippen molar-refractivity contribution in [1.82, 2.24) is 19.9 Å². The predicted molar refractivity (Wildman–Crippen MR) is 122 cm³/mol. The number of nitrogens with one attached hydrogen (secondary N) is 2. The molecule has 7 nitrogen and oxygen atoms in total. The summed E-state index contributed by atoms with van der Waals surface area (Å²) >= 11 is 11.4. The van der Waals surface area contributed by atoms with Gasteiger partial charge < -0.3 is 14.9 Å². The second kappa shape index (κ2) is 9.63. The summed E-state index contributed by atoms with van der Waals surface area (Å²) in [5, 5.41) is 7.84. The zero-order valence-electron chi connectivity index (χ0n) is 16.7. The lowest BCUT2D eigenvalue weighted by Crippen LogP contribution is -2.16. The van der Waals surface area contributed by atoms with Gasteiger partial charge in [0, 0.05) is 28.5 Å². The number of rotatable bonds is 8. The fourth-order valence-corrected chi connectivity index (χ4v) is 3.39. The number of para-hydroxylation sites is 1. The molecule has 31 heavy (non-hydrogen) atoms. The van der Waals surface area contributed by atoms with E-state index in [2.05, 4.69) is 20.6 Å². The summed E-state index contributed by atoms with van der Waals surface area (Å²) in [6.45, 7) is 0.830. The molecule has 0 unspecified atom stereocenters. The van der Waals surface area contributed by atoms with Crippen LogP contribution in [0.4, 0.5) is 0 Å². The SMILES string of the molecule is COc1cccc(CNn2c(-c3ccncc3)n[nH]c2=S)c1OCc1ccc(Cl)cc1. The van der Waals surface area contributed by atoms with Crippen LogP contribution in [0.3, 0.4) is 0 Å². The van der Waals surface area contributed by atoms with Crippen molar-refractivity contribution >= 4 is 23.8 Å².